The lowest BCUT2D eigenvalue weighted by Crippen LogP contribution is -2.39. The van der Waals surface area contributed by atoms with E-state index in [0.29, 0.717) is 29.1 Å². The minimum absolute atomic E-state index is 0.0816. The molecule has 1 aliphatic carbocycles. The van der Waals surface area contributed by atoms with Gasteiger partial charge in [-0.25, -0.2) is 9.78 Å². The Hall–Kier alpha value is -3.24. The normalized spacial score (nSPS) is 14.8. The number of benzene rings is 1. The Morgan fingerprint density at radius 3 is 2.88 bits per heavy atom. The molecule has 32 heavy (non-hydrogen) atoms. The molecule has 166 valence electrons. The smallest absolute Gasteiger partial charge is 0.328 e. The molecule has 0 spiro atoms. The van der Waals surface area contributed by atoms with E-state index in [9.17, 15) is 19.2 Å². The van der Waals surface area contributed by atoms with Crippen molar-refractivity contribution in [1.29, 1.82) is 0 Å². The van der Waals surface area contributed by atoms with Crippen molar-refractivity contribution in [2.45, 2.75) is 32.2 Å². The van der Waals surface area contributed by atoms with Crippen molar-refractivity contribution in [2.75, 3.05) is 11.9 Å². The second kappa shape index (κ2) is 9.09. The minimum atomic E-state index is -0.750. The summed E-state index contributed by atoms with van der Waals surface area (Å²) in [5.41, 5.74) is -0.479. The first kappa shape index (κ1) is 22.0. The monoisotopic (exact) mass is 474 g/mol. The van der Waals surface area contributed by atoms with Gasteiger partial charge in [-0.15, -0.1) is 11.3 Å². The number of thiazole rings is 1. The van der Waals surface area contributed by atoms with Crippen LogP contribution in [0.4, 0.5) is 5.13 Å². The Morgan fingerprint density at radius 1 is 1.34 bits per heavy atom. The number of esters is 1. The SMILES string of the molecule is CCOC(=O)C1CCc2sc(NC(=O)c3c[nH]c(=O)n(Cc4ccccc4Cl)c3=O)nc21. The van der Waals surface area contributed by atoms with Crippen molar-refractivity contribution in [3.05, 3.63) is 78.0 Å². The molecule has 2 heterocycles. The molecule has 0 saturated carbocycles. The largest absolute Gasteiger partial charge is 0.465 e. The number of amides is 1. The maximum Gasteiger partial charge on any atom is 0.328 e. The second-order valence-electron chi connectivity index (χ2n) is 7.12. The van der Waals surface area contributed by atoms with E-state index in [1.807, 2.05) is 0 Å². The van der Waals surface area contributed by atoms with Gasteiger partial charge in [-0.3, -0.25) is 24.3 Å². The first-order valence-electron chi connectivity index (χ1n) is 9.92. The van der Waals surface area contributed by atoms with E-state index >= 15 is 0 Å². The van der Waals surface area contributed by atoms with Crippen LogP contribution in [-0.2, 0) is 22.5 Å². The van der Waals surface area contributed by atoms with Crippen LogP contribution in [0.25, 0.3) is 0 Å². The lowest BCUT2D eigenvalue weighted by molar-refractivity contribution is -0.145. The van der Waals surface area contributed by atoms with Gasteiger partial charge in [0.25, 0.3) is 11.5 Å². The molecule has 3 aromatic rings. The number of hydrogen-bond donors (Lipinski definition) is 2. The molecule has 0 saturated heterocycles. The average molecular weight is 475 g/mol. The fourth-order valence-electron chi connectivity index (χ4n) is 3.53. The summed E-state index contributed by atoms with van der Waals surface area (Å²) in [6.45, 7) is 1.94. The topological polar surface area (TPSA) is 123 Å². The molecule has 0 aliphatic heterocycles. The van der Waals surface area contributed by atoms with Crippen molar-refractivity contribution >= 4 is 39.9 Å². The third kappa shape index (κ3) is 4.23. The van der Waals surface area contributed by atoms with Crippen molar-refractivity contribution in [2.24, 2.45) is 0 Å². The van der Waals surface area contributed by atoms with Crippen LogP contribution in [-0.4, -0.2) is 33.0 Å². The van der Waals surface area contributed by atoms with Gasteiger partial charge in [0.15, 0.2) is 5.13 Å². The van der Waals surface area contributed by atoms with Gasteiger partial charge in [0.2, 0.25) is 0 Å². The molecular weight excluding hydrogens is 456 g/mol. The zero-order chi connectivity index (χ0) is 22.8. The highest BCUT2D eigenvalue weighted by Gasteiger charge is 2.34. The number of aromatic amines is 1. The third-order valence-corrected chi connectivity index (χ3v) is 6.52. The molecular formula is C21H19ClN4O5S. The lowest BCUT2D eigenvalue weighted by Gasteiger charge is -2.09. The highest BCUT2D eigenvalue weighted by Crippen LogP contribution is 2.39. The van der Waals surface area contributed by atoms with Crippen LogP contribution in [0.2, 0.25) is 5.02 Å². The molecule has 1 unspecified atom stereocenters. The van der Waals surface area contributed by atoms with E-state index in [2.05, 4.69) is 15.3 Å². The Morgan fingerprint density at radius 2 is 2.12 bits per heavy atom. The van der Waals surface area contributed by atoms with Crippen LogP contribution in [0.1, 0.15) is 45.8 Å². The minimum Gasteiger partial charge on any atom is -0.465 e. The number of H-pyrrole nitrogens is 1. The van der Waals surface area contributed by atoms with Crippen molar-refractivity contribution in [3.63, 3.8) is 0 Å². The molecule has 4 rings (SSSR count). The molecule has 1 atom stereocenters. The van der Waals surface area contributed by atoms with E-state index in [-0.39, 0.29) is 29.8 Å². The molecule has 11 heteroatoms. The lowest BCUT2D eigenvalue weighted by atomic mass is 10.1. The molecule has 0 radical (unpaired) electrons. The number of aromatic nitrogens is 3. The Labute approximate surface area is 191 Å². The van der Waals surface area contributed by atoms with Crippen LogP contribution in [0.5, 0.6) is 0 Å². The summed E-state index contributed by atoms with van der Waals surface area (Å²) in [5.74, 6) is -1.50. The van der Waals surface area contributed by atoms with Crippen LogP contribution in [0.3, 0.4) is 0 Å². The summed E-state index contributed by atoms with van der Waals surface area (Å²) in [6, 6.07) is 6.82. The molecule has 2 aromatic heterocycles. The predicted molar refractivity (Wildman–Crippen MR) is 120 cm³/mol. The molecule has 0 bridgehead atoms. The Balaban J connectivity index is 1.57. The number of rotatable bonds is 6. The van der Waals surface area contributed by atoms with E-state index in [4.69, 9.17) is 16.3 Å². The number of hydrogen-bond acceptors (Lipinski definition) is 7. The summed E-state index contributed by atoms with van der Waals surface area (Å²) in [5, 5.41) is 3.28. The summed E-state index contributed by atoms with van der Waals surface area (Å²) in [7, 11) is 0. The van der Waals surface area contributed by atoms with Crippen molar-refractivity contribution < 1.29 is 14.3 Å². The number of aryl methyl sites for hydroxylation is 1. The second-order valence-corrected chi connectivity index (χ2v) is 8.61. The van der Waals surface area contributed by atoms with Gasteiger partial charge in [-0.05, 0) is 31.4 Å². The van der Waals surface area contributed by atoms with E-state index in [1.54, 1.807) is 31.2 Å². The average Bonchev–Trinajstić information content (AvgIpc) is 3.32. The standard InChI is InChI=1S/C21H19ClN4O5S/c1-2-31-19(29)12-7-8-15-16(12)24-20(32-15)25-17(27)13-9-23-21(30)26(18(13)28)10-11-5-3-4-6-14(11)22/h3-6,9,12H,2,7-8,10H2,1H3,(H,23,30)(H,24,25,27). The van der Waals surface area contributed by atoms with Crippen LogP contribution >= 0.6 is 22.9 Å². The first-order chi connectivity index (χ1) is 15.4. The number of ether oxygens (including phenoxy) is 1. The number of anilines is 1. The van der Waals surface area contributed by atoms with Crippen molar-refractivity contribution in [1.82, 2.24) is 14.5 Å². The summed E-state index contributed by atoms with van der Waals surface area (Å²) in [4.78, 5) is 57.6. The Kier molecular flexibility index (Phi) is 6.24. The maximum absolute atomic E-state index is 12.9. The first-order valence-corrected chi connectivity index (χ1v) is 11.1. The van der Waals surface area contributed by atoms with Crippen LogP contribution in [0.15, 0.2) is 40.1 Å². The van der Waals surface area contributed by atoms with Gasteiger partial charge in [0.1, 0.15) is 11.5 Å². The van der Waals surface area contributed by atoms with Gasteiger partial charge < -0.3 is 9.72 Å². The highest BCUT2D eigenvalue weighted by atomic mass is 35.5. The molecule has 2 N–H and O–H groups in total. The number of halogens is 1. The van der Waals surface area contributed by atoms with E-state index in [1.165, 1.54) is 11.3 Å². The fraction of sp³-hybridized carbons (Fsp3) is 0.286. The molecule has 0 fully saturated rings. The van der Waals surface area contributed by atoms with Gasteiger partial charge in [-0.2, -0.15) is 0 Å². The number of carbonyl (C=O) groups excluding carboxylic acids is 2. The molecule has 9 nitrogen and oxygen atoms in total. The van der Waals surface area contributed by atoms with E-state index < -0.39 is 23.1 Å². The third-order valence-electron chi connectivity index (χ3n) is 5.10. The molecule has 1 aliphatic rings. The van der Waals surface area contributed by atoms with Gasteiger partial charge in [-0.1, -0.05) is 29.8 Å². The maximum atomic E-state index is 12.9. The number of nitrogens with zero attached hydrogens (tertiary/aromatic N) is 2. The quantitative estimate of drug-likeness (QED) is 0.529. The van der Waals surface area contributed by atoms with Crippen LogP contribution in [0, 0.1) is 0 Å². The van der Waals surface area contributed by atoms with Gasteiger partial charge in [0, 0.05) is 16.1 Å². The van der Waals surface area contributed by atoms with Gasteiger partial charge >= 0.3 is 11.7 Å². The number of carbonyl (C=O) groups is 2. The van der Waals surface area contributed by atoms with Crippen molar-refractivity contribution in [3.8, 4) is 0 Å². The Bertz CT molecular complexity index is 1310. The summed E-state index contributed by atoms with van der Waals surface area (Å²) < 4.78 is 6.00. The van der Waals surface area contributed by atoms with Crippen LogP contribution < -0.4 is 16.6 Å². The van der Waals surface area contributed by atoms with E-state index in [0.717, 1.165) is 15.6 Å². The summed E-state index contributed by atoms with van der Waals surface area (Å²) >= 11 is 7.38. The number of nitrogens with one attached hydrogen (secondary N) is 2. The predicted octanol–water partition coefficient (Wildman–Crippen LogP) is 2.54. The summed E-state index contributed by atoms with van der Waals surface area (Å²) in [6.07, 6.45) is 2.36. The molecule has 1 amide bonds. The fourth-order valence-corrected chi connectivity index (χ4v) is 4.76. The molecule has 1 aromatic carbocycles. The zero-order valence-corrected chi connectivity index (χ0v) is 18.6. The highest BCUT2D eigenvalue weighted by molar-refractivity contribution is 7.16. The van der Waals surface area contributed by atoms with Gasteiger partial charge in [0.05, 0.1) is 18.8 Å². The zero-order valence-electron chi connectivity index (χ0n) is 17.0. The number of fused-ring (bicyclic) bond motifs is 1.